The van der Waals surface area contributed by atoms with Gasteiger partial charge in [-0.05, 0) is 13.3 Å². The second-order valence-corrected chi connectivity index (χ2v) is 2.56. The van der Waals surface area contributed by atoms with Gasteiger partial charge < -0.3 is 10.0 Å². The highest BCUT2D eigenvalue weighted by Gasteiger charge is 2.13. The highest BCUT2D eigenvalue weighted by molar-refractivity contribution is 5.16. The summed E-state index contributed by atoms with van der Waals surface area (Å²) in [6.07, 6.45) is 1.12. The van der Waals surface area contributed by atoms with Gasteiger partial charge in [0.25, 0.3) is 0 Å². The van der Waals surface area contributed by atoms with E-state index >= 15 is 0 Å². The van der Waals surface area contributed by atoms with Crippen molar-refractivity contribution in [3.8, 4) is 0 Å². The van der Waals surface area contributed by atoms with Gasteiger partial charge >= 0.3 is 0 Å². The molecule has 2 nitrogen and oxygen atoms in total. The van der Waals surface area contributed by atoms with Crippen molar-refractivity contribution >= 4 is 0 Å². The van der Waals surface area contributed by atoms with Crippen LogP contribution in [0.3, 0.4) is 0 Å². The molecule has 0 aromatic carbocycles. The highest BCUT2D eigenvalue weighted by Crippen LogP contribution is 2.19. The first-order valence-corrected chi connectivity index (χ1v) is 3.26. The van der Waals surface area contributed by atoms with Gasteiger partial charge in [0.2, 0.25) is 0 Å². The smallest absolute Gasteiger partial charge is 0.0828 e. The van der Waals surface area contributed by atoms with E-state index < -0.39 is 0 Å². The Hall–Kier alpha value is -0.500. The monoisotopic (exact) mass is 127 g/mol. The summed E-state index contributed by atoms with van der Waals surface area (Å²) in [4.78, 5) is 2.11. The number of hydrogen-bond donors (Lipinski definition) is 1. The summed E-state index contributed by atoms with van der Waals surface area (Å²) < 4.78 is 0. The molecule has 0 aromatic heterocycles. The van der Waals surface area contributed by atoms with Crippen molar-refractivity contribution in [2.75, 3.05) is 20.2 Å². The quantitative estimate of drug-likeness (QED) is 0.557. The number of aliphatic hydroxyl groups excluding tert-OH is 1. The summed E-state index contributed by atoms with van der Waals surface area (Å²) in [5.74, 6) is 0. The van der Waals surface area contributed by atoms with Gasteiger partial charge in [-0.25, -0.2) is 0 Å². The molecule has 1 heterocycles. The third-order valence-corrected chi connectivity index (χ3v) is 1.93. The largest absolute Gasteiger partial charge is 0.390 e. The minimum Gasteiger partial charge on any atom is -0.390 e. The average molecular weight is 127 g/mol. The summed E-state index contributed by atoms with van der Waals surface area (Å²) in [6.45, 7) is 3.35. The van der Waals surface area contributed by atoms with Crippen LogP contribution in [0.15, 0.2) is 11.3 Å². The van der Waals surface area contributed by atoms with Crippen molar-refractivity contribution in [2.24, 2.45) is 0 Å². The Balaban J connectivity index is 2.69. The van der Waals surface area contributed by atoms with Gasteiger partial charge in [-0.2, -0.15) is 0 Å². The fourth-order valence-corrected chi connectivity index (χ4v) is 1.20. The number of likely N-dealkylation sites (N-methyl/N-ethyl adjacent to an activating group) is 1. The van der Waals surface area contributed by atoms with E-state index in [9.17, 15) is 0 Å². The number of aliphatic hydroxyl groups is 1. The van der Waals surface area contributed by atoms with E-state index in [-0.39, 0.29) is 6.61 Å². The van der Waals surface area contributed by atoms with Crippen LogP contribution in [0.25, 0.3) is 0 Å². The molecule has 0 atom stereocenters. The molecule has 0 radical (unpaired) electrons. The Morgan fingerprint density at radius 3 is 2.56 bits per heavy atom. The number of hydrogen-bond acceptors (Lipinski definition) is 2. The molecular formula is C7H13NO. The molecule has 1 aliphatic rings. The van der Waals surface area contributed by atoms with Gasteiger partial charge in [-0.15, -0.1) is 0 Å². The van der Waals surface area contributed by atoms with Crippen LogP contribution >= 0.6 is 0 Å². The van der Waals surface area contributed by atoms with E-state index in [4.69, 9.17) is 5.11 Å². The maximum atomic E-state index is 8.81. The molecule has 0 spiro atoms. The van der Waals surface area contributed by atoms with Gasteiger partial charge in [-0.1, -0.05) is 5.57 Å². The maximum Gasteiger partial charge on any atom is 0.0828 e. The minimum absolute atomic E-state index is 0.197. The number of rotatable bonds is 1. The van der Waals surface area contributed by atoms with Gasteiger partial charge in [0.05, 0.1) is 6.61 Å². The number of nitrogens with zero attached hydrogens (tertiary/aromatic N) is 1. The highest BCUT2D eigenvalue weighted by atomic mass is 16.3. The van der Waals surface area contributed by atoms with Gasteiger partial charge in [0, 0.05) is 19.3 Å². The standard InChI is InChI=1S/C7H13NO/c1-6-3-4-8(2)7(6)5-9/h9H,3-5H2,1-2H3. The lowest BCUT2D eigenvalue weighted by molar-refractivity contribution is 0.286. The zero-order valence-corrected chi connectivity index (χ0v) is 6.02. The molecule has 0 unspecified atom stereocenters. The second kappa shape index (κ2) is 2.40. The molecule has 0 saturated heterocycles. The maximum absolute atomic E-state index is 8.81. The van der Waals surface area contributed by atoms with E-state index in [2.05, 4.69) is 11.8 Å². The summed E-state index contributed by atoms with van der Waals surface area (Å²) >= 11 is 0. The van der Waals surface area contributed by atoms with Crippen LogP contribution in [0.2, 0.25) is 0 Å². The summed E-state index contributed by atoms with van der Waals surface area (Å²) in [6, 6.07) is 0. The molecule has 0 amide bonds. The molecule has 1 N–H and O–H groups in total. The first-order chi connectivity index (χ1) is 4.25. The Kier molecular flexibility index (Phi) is 1.76. The predicted octanol–water partition coefficient (Wildman–Crippen LogP) is 0.588. The van der Waals surface area contributed by atoms with Crippen molar-refractivity contribution in [1.29, 1.82) is 0 Å². The van der Waals surface area contributed by atoms with E-state index in [1.54, 1.807) is 0 Å². The van der Waals surface area contributed by atoms with Crippen molar-refractivity contribution in [3.63, 3.8) is 0 Å². The van der Waals surface area contributed by atoms with E-state index in [1.807, 2.05) is 7.05 Å². The topological polar surface area (TPSA) is 23.5 Å². The Morgan fingerprint density at radius 1 is 1.67 bits per heavy atom. The van der Waals surface area contributed by atoms with Crippen molar-refractivity contribution in [2.45, 2.75) is 13.3 Å². The van der Waals surface area contributed by atoms with E-state index in [0.29, 0.717) is 0 Å². The molecule has 0 fully saturated rings. The lowest BCUT2D eigenvalue weighted by Crippen LogP contribution is -2.15. The third kappa shape index (κ3) is 1.08. The molecule has 0 aromatic rings. The summed E-state index contributed by atoms with van der Waals surface area (Å²) in [5, 5.41) is 8.81. The average Bonchev–Trinajstić information content (AvgIpc) is 2.12. The SMILES string of the molecule is CC1=C(CO)N(C)CC1. The van der Waals surface area contributed by atoms with Crippen LogP contribution in [0.4, 0.5) is 0 Å². The third-order valence-electron chi connectivity index (χ3n) is 1.93. The fourth-order valence-electron chi connectivity index (χ4n) is 1.20. The van der Waals surface area contributed by atoms with Gasteiger partial charge in [0.1, 0.15) is 0 Å². The second-order valence-electron chi connectivity index (χ2n) is 2.56. The Morgan fingerprint density at radius 2 is 2.33 bits per heavy atom. The molecule has 0 aliphatic carbocycles. The first-order valence-electron chi connectivity index (χ1n) is 3.26. The fraction of sp³-hybridized carbons (Fsp3) is 0.714. The van der Waals surface area contributed by atoms with Crippen molar-refractivity contribution < 1.29 is 5.11 Å². The first kappa shape index (κ1) is 6.62. The van der Waals surface area contributed by atoms with Crippen LogP contribution in [0.1, 0.15) is 13.3 Å². The zero-order valence-electron chi connectivity index (χ0n) is 6.02. The van der Waals surface area contributed by atoms with Crippen LogP contribution in [-0.4, -0.2) is 30.2 Å². The molecule has 0 bridgehead atoms. The molecule has 1 aliphatic heterocycles. The van der Waals surface area contributed by atoms with E-state index in [0.717, 1.165) is 18.7 Å². The zero-order chi connectivity index (χ0) is 6.85. The normalized spacial score (nSPS) is 19.7. The van der Waals surface area contributed by atoms with Gasteiger partial charge in [0.15, 0.2) is 0 Å². The predicted molar refractivity (Wildman–Crippen MR) is 37.0 cm³/mol. The van der Waals surface area contributed by atoms with Crippen LogP contribution in [0, 0.1) is 0 Å². The Bertz CT molecular complexity index is 140. The lowest BCUT2D eigenvalue weighted by Gasteiger charge is -2.13. The lowest BCUT2D eigenvalue weighted by atomic mass is 10.2. The summed E-state index contributed by atoms with van der Waals surface area (Å²) in [5.41, 5.74) is 2.44. The molecule has 2 heteroatoms. The molecular weight excluding hydrogens is 114 g/mol. The van der Waals surface area contributed by atoms with Crippen molar-refractivity contribution in [3.05, 3.63) is 11.3 Å². The van der Waals surface area contributed by atoms with Crippen LogP contribution < -0.4 is 0 Å². The molecule has 9 heavy (non-hydrogen) atoms. The van der Waals surface area contributed by atoms with Crippen LogP contribution in [0.5, 0.6) is 0 Å². The van der Waals surface area contributed by atoms with Gasteiger partial charge in [-0.3, -0.25) is 0 Å². The van der Waals surface area contributed by atoms with Crippen LogP contribution in [-0.2, 0) is 0 Å². The van der Waals surface area contributed by atoms with Crippen molar-refractivity contribution in [1.82, 2.24) is 4.90 Å². The molecule has 0 saturated carbocycles. The summed E-state index contributed by atoms with van der Waals surface area (Å²) in [7, 11) is 2.02. The molecule has 1 rings (SSSR count). The Labute approximate surface area is 55.8 Å². The minimum atomic E-state index is 0.197. The molecule has 52 valence electrons. The van der Waals surface area contributed by atoms with E-state index in [1.165, 1.54) is 5.57 Å².